The lowest BCUT2D eigenvalue weighted by Crippen LogP contribution is -2.30. The molecule has 1 unspecified atom stereocenters. The van der Waals surface area contributed by atoms with Crippen molar-refractivity contribution in [1.29, 1.82) is 0 Å². The maximum absolute atomic E-state index is 6.37. The standard InChI is InChI=1S/C15H25ClN2/c1-6-12(7-2)18(5)13-8-9-14(11(3)17-4)15(16)10-13/h8-12,17H,6-7H2,1-5H3. The van der Waals surface area contributed by atoms with Gasteiger partial charge in [0.25, 0.3) is 0 Å². The number of nitrogens with one attached hydrogen (secondary N) is 1. The van der Waals surface area contributed by atoms with Gasteiger partial charge in [-0.25, -0.2) is 0 Å². The van der Waals surface area contributed by atoms with Crippen molar-refractivity contribution >= 4 is 17.3 Å². The maximum atomic E-state index is 6.37. The van der Waals surface area contributed by atoms with Crippen molar-refractivity contribution in [2.45, 2.75) is 45.7 Å². The maximum Gasteiger partial charge on any atom is 0.0474 e. The van der Waals surface area contributed by atoms with Crippen molar-refractivity contribution in [2.24, 2.45) is 0 Å². The highest BCUT2D eigenvalue weighted by Gasteiger charge is 2.14. The molecule has 3 heteroatoms. The molecule has 1 atom stereocenters. The number of hydrogen-bond acceptors (Lipinski definition) is 2. The highest BCUT2D eigenvalue weighted by atomic mass is 35.5. The van der Waals surface area contributed by atoms with Crippen molar-refractivity contribution < 1.29 is 0 Å². The molecule has 102 valence electrons. The second-order valence-corrected chi connectivity index (χ2v) is 5.20. The quantitative estimate of drug-likeness (QED) is 0.830. The van der Waals surface area contributed by atoms with Crippen LogP contribution in [0.5, 0.6) is 0 Å². The van der Waals surface area contributed by atoms with E-state index < -0.39 is 0 Å². The van der Waals surface area contributed by atoms with Crippen molar-refractivity contribution in [3.05, 3.63) is 28.8 Å². The van der Waals surface area contributed by atoms with Crippen LogP contribution < -0.4 is 10.2 Å². The number of rotatable bonds is 6. The van der Waals surface area contributed by atoms with E-state index in [4.69, 9.17) is 11.6 Å². The second kappa shape index (κ2) is 7.01. The molecule has 0 saturated carbocycles. The Labute approximate surface area is 116 Å². The van der Waals surface area contributed by atoms with Crippen molar-refractivity contribution in [2.75, 3.05) is 19.0 Å². The average molecular weight is 269 g/mol. The largest absolute Gasteiger partial charge is 0.372 e. The van der Waals surface area contributed by atoms with Crippen LogP contribution >= 0.6 is 11.6 Å². The Bertz CT molecular complexity index is 375. The molecule has 0 aliphatic heterocycles. The summed E-state index contributed by atoms with van der Waals surface area (Å²) in [6.45, 7) is 6.57. The molecule has 0 saturated heterocycles. The lowest BCUT2D eigenvalue weighted by molar-refractivity contribution is 0.591. The van der Waals surface area contributed by atoms with Crippen molar-refractivity contribution in [3.8, 4) is 0 Å². The van der Waals surface area contributed by atoms with Crippen LogP contribution in [0.4, 0.5) is 5.69 Å². The molecular weight excluding hydrogens is 244 g/mol. The van der Waals surface area contributed by atoms with Crippen LogP contribution in [0.1, 0.15) is 45.2 Å². The van der Waals surface area contributed by atoms with Gasteiger partial charge in [0.1, 0.15) is 0 Å². The van der Waals surface area contributed by atoms with E-state index in [2.05, 4.69) is 56.2 Å². The minimum absolute atomic E-state index is 0.282. The van der Waals surface area contributed by atoms with Gasteiger partial charge in [0.15, 0.2) is 0 Å². The molecule has 1 N–H and O–H groups in total. The summed E-state index contributed by atoms with van der Waals surface area (Å²) in [5, 5.41) is 4.06. The Balaban J connectivity index is 2.96. The Morgan fingerprint density at radius 2 is 1.89 bits per heavy atom. The van der Waals surface area contributed by atoms with Crippen LogP contribution in [-0.4, -0.2) is 20.1 Å². The van der Waals surface area contributed by atoms with E-state index in [0.29, 0.717) is 6.04 Å². The molecule has 0 radical (unpaired) electrons. The highest BCUT2D eigenvalue weighted by Crippen LogP contribution is 2.28. The number of halogens is 1. The van der Waals surface area contributed by atoms with Gasteiger partial charge in [-0.15, -0.1) is 0 Å². The van der Waals surface area contributed by atoms with E-state index >= 15 is 0 Å². The minimum Gasteiger partial charge on any atom is -0.372 e. The number of benzene rings is 1. The van der Waals surface area contributed by atoms with Gasteiger partial charge in [0, 0.05) is 29.8 Å². The zero-order valence-electron chi connectivity index (χ0n) is 12.1. The molecule has 2 nitrogen and oxygen atoms in total. The first-order valence-electron chi connectivity index (χ1n) is 6.74. The molecule has 1 aromatic carbocycles. The van der Waals surface area contributed by atoms with E-state index in [1.807, 2.05) is 7.05 Å². The summed E-state index contributed by atoms with van der Waals surface area (Å²) in [5.41, 5.74) is 2.35. The number of nitrogens with zero attached hydrogens (tertiary/aromatic N) is 1. The highest BCUT2D eigenvalue weighted by molar-refractivity contribution is 6.31. The van der Waals surface area contributed by atoms with E-state index in [0.717, 1.165) is 23.4 Å². The molecule has 0 bridgehead atoms. The normalized spacial score (nSPS) is 12.8. The van der Waals surface area contributed by atoms with E-state index in [9.17, 15) is 0 Å². The van der Waals surface area contributed by atoms with Crippen molar-refractivity contribution in [1.82, 2.24) is 5.32 Å². The molecule has 0 aliphatic carbocycles. The third kappa shape index (κ3) is 3.39. The van der Waals surface area contributed by atoms with Crippen LogP contribution in [0.2, 0.25) is 5.02 Å². The Hall–Kier alpha value is -0.730. The average Bonchev–Trinajstić information content (AvgIpc) is 2.39. The van der Waals surface area contributed by atoms with E-state index in [1.54, 1.807) is 0 Å². The van der Waals surface area contributed by atoms with Gasteiger partial charge in [-0.1, -0.05) is 31.5 Å². The minimum atomic E-state index is 0.282. The summed E-state index contributed by atoms with van der Waals surface area (Å²) in [7, 11) is 4.09. The molecule has 0 aliphatic rings. The fraction of sp³-hybridized carbons (Fsp3) is 0.600. The molecule has 1 aromatic rings. The predicted molar refractivity (Wildman–Crippen MR) is 81.7 cm³/mol. The van der Waals surface area contributed by atoms with Crippen LogP contribution in [-0.2, 0) is 0 Å². The first-order chi connectivity index (χ1) is 8.54. The van der Waals surface area contributed by atoms with Crippen LogP contribution in [0.25, 0.3) is 0 Å². The first kappa shape index (κ1) is 15.3. The van der Waals surface area contributed by atoms with Gasteiger partial charge in [0.2, 0.25) is 0 Å². The van der Waals surface area contributed by atoms with Gasteiger partial charge < -0.3 is 10.2 Å². The molecule has 0 aromatic heterocycles. The Morgan fingerprint density at radius 1 is 1.28 bits per heavy atom. The molecule has 1 rings (SSSR count). The smallest absolute Gasteiger partial charge is 0.0474 e. The lowest BCUT2D eigenvalue weighted by atomic mass is 10.1. The molecule has 0 heterocycles. The van der Waals surface area contributed by atoms with Gasteiger partial charge >= 0.3 is 0 Å². The third-order valence-electron chi connectivity index (χ3n) is 3.78. The van der Waals surface area contributed by atoms with Crippen LogP contribution in [0.3, 0.4) is 0 Å². The summed E-state index contributed by atoms with van der Waals surface area (Å²) < 4.78 is 0. The van der Waals surface area contributed by atoms with Gasteiger partial charge in [0.05, 0.1) is 0 Å². The summed E-state index contributed by atoms with van der Waals surface area (Å²) in [4.78, 5) is 2.32. The second-order valence-electron chi connectivity index (χ2n) is 4.80. The fourth-order valence-corrected chi connectivity index (χ4v) is 2.63. The van der Waals surface area contributed by atoms with Crippen molar-refractivity contribution in [3.63, 3.8) is 0 Å². The van der Waals surface area contributed by atoms with Crippen LogP contribution in [0.15, 0.2) is 18.2 Å². The Kier molecular flexibility index (Phi) is 5.97. The zero-order chi connectivity index (χ0) is 13.7. The topological polar surface area (TPSA) is 15.3 Å². The van der Waals surface area contributed by atoms with Gasteiger partial charge in [-0.2, -0.15) is 0 Å². The third-order valence-corrected chi connectivity index (χ3v) is 4.11. The van der Waals surface area contributed by atoms with E-state index in [1.165, 1.54) is 5.69 Å². The monoisotopic (exact) mass is 268 g/mol. The van der Waals surface area contributed by atoms with Crippen LogP contribution in [0, 0.1) is 0 Å². The molecular formula is C15H25ClN2. The summed E-state index contributed by atoms with van der Waals surface area (Å²) >= 11 is 6.37. The SMILES string of the molecule is CCC(CC)N(C)c1ccc(C(C)NC)c(Cl)c1. The molecule has 0 amide bonds. The Morgan fingerprint density at radius 3 is 2.33 bits per heavy atom. The first-order valence-corrected chi connectivity index (χ1v) is 7.12. The molecule has 0 spiro atoms. The summed E-state index contributed by atoms with van der Waals surface area (Å²) in [5.74, 6) is 0. The summed E-state index contributed by atoms with van der Waals surface area (Å²) in [6.07, 6.45) is 2.30. The molecule has 18 heavy (non-hydrogen) atoms. The lowest BCUT2D eigenvalue weighted by Gasteiger charge is -2.29. The van der Waals surface area contributed by atoms with Gasteiger partial charge in [-0.05, 0) is 44.5 Å². The zero-order valence-corrected chi connectivity index (χ0v) is 12.9. The summed E-state index contributed by atoms with van der Waals surface area (Å²) in [6, 6.07) is 7.22. The molecule has 0 fully saturated rings. The number of anilines is 1. The van der Waals surface area contributed by atoms with E-state index in [-0.39, 0.29) is 6.04 Å². The number of hydrogen-bond donors (Lipinski definition) is 1. The predicted octanol–water partition coefficient (Wildman–Crippen LogP) is 4.25. The fourth-order valence-electron chi connectivity index (χ4n) is 2.29. The van der Waals surface area contributed by atoms with Gasteiger partial charge in [-0.3, -0.25) is 0 Å².